The molecule has 0 aliphatic rings. The number of benzene rings is 1. The zero-order valence-electron chi connectivity index (χ0n) is 8.92. The molecule has 0 unspecified atom stereocenters. The Kier molecular flexibility index (Phi) is 3.18. The predicted molar refractivity (Wildman–Crippen MR) is 63.8 cm³/mol. The molecule has 0 saturated heterocycles. The quantitative estimate of drug-likeness (QED) is 0.728. The van der Waals surface area contributed by atoms with Crippen LogP contribution in [0.5, 0.6) is 0 Å². The van der Waals surface area contributed by atoms with Gasteiger partial charge in [0.25, 0.3) is 0 Å². The lowest BCUT2D eigenvalue weighted by Gasteiger charge is -2.05. The molecule has 0 atom stereocenters. The molecular formula is C12H11N3S. The summed E-state index contributed by atoms with van der Waals surface area (Å²) in [6, 6.07) is 10.2. The lowest BCUT2D eigenvalue weighted by molar-refractivity contribution is 0.742. The second-order valence-corrected chi connectivity index (χ2v) is 4.28. The minimum Gasteiger partial charge on any atom is -0.316 e. The molecule has 0 bridgehead atoms. The van der Waals surface area contributed by atoms with E-state index in [-0.39, 0.29) is 0 Å². The fourth-order valence-electron chi connectivity index (χ4n) is 1.50. The smallest absolute Gasteiger partial charge is 0.208 e. The third-order valence-corrected chi connectivity index (χ3v) is 3.30. The largest absolute Gasteiger partial charge is 0.316 e. The third kappa shape index (κ3) is 2.20. The first-order chi connectivity index (χ1) is 7.81. The van der Waals surface area contributed by atoms with Crippen molar-refractivity contribution in [1.82, 2.24) is 4.57 Å². The van der Waals surface area contributed by atoms with Crippen LogP contribution in [0.1, 0.15) is 11.3 Å². The van der Waals surface area contributed by atoms with Gasteiger partial charge in [-0.15, -0.1) is 16.3 Å². The fraction of sp³-hybridized carbons (Fsp3) is 0.167. The molecular weight excluding hydrogens is 218 g/mol. The topological polar surface area (TPSA) is 41.1 Å². The van der Waals surface area contributed by atoms with Gasteiger partial charge in [0.05, 0.1) is 6.54 Å². The monoisotopic (exact) mass is 229 g/mol. The van der Waals surface area contributed by atoms with Crippen LogP contribution in [-0.4, -0.2) is 4.57 Å². The number of aromatic nitrogens is 1. The van der Waals surface area contributed by atoms with Gasteiger partial charge in [-0.1, -0.05) is 30.3 Å². The van der Waals surface area contributed by atoms with Gasteiger partial charge >= 0.3 is 0 Å². The first-order valence-corrected chi connectivity index (χ1v) is 5.81. The number of nitrogens with zero attached hydrogens (tertiary/aromatic N) is 3. The molecule has 2 aromatic rings. The molecule has 80 valence electrons. The normalized spacial score (nSPS) is 11.4. The minimum atomic E-state index is 0.754. The summed E-state index contributed by atoms with van der Waals surface area (Å²) < 4.78 is 2.04. The van der Waals surface area contributed by atoms with E-state index in [0.717, 1.165) is 17.0 Å². The highest BCUT2D eigenvalue weighted by Crippen LogP contribution is 2.05. The van der Waals surface area contributed by atoms with Crippen molar-refractivity contribution < 1.29 is 0 Å². The van der Waals surface area contributed by atoms with Gasteiger partial charge in [0.1, 0.15) is 0 Å². The van der Waals surface area contributed by atoms with Gasteiger partial charge in [-0.2, -0.15) is 5.26 Å². The summed E-state index contributed by atoms with van der Waals surface area (Å²) in [5.74, 6) is 0. The van der Waals surface area contributed by atoms with Gasteiger partial charge in [0.15, 0.2) is 0 Å². The highest BCUT2D eigenvalue weighted by molar-refractivity contribution is 7.07. The van der Waals surface area contributed by atoms with E-state index >= 15 is 0 Å². The van der Waals surface area contributed by atoms with E-state index in [1.54, 1.807) is 0 Å². The second kappa shape index (κ2) is 4.77. The number of hydrogen-bond donors (Lipinski definition) is 0. The minimum absolute atomic E-state index is 0.754. The standard InChI is InChI=1S/C12H11N3S/c1-10-8-16-12(14-9-13)15(10)7-11-5-3-2-4-6-11/h2-6,8H,7H2,1H3. The van der Waals surface area contributed by atoms with Crippen molar-refractivity contribution in [1.29, 1.82) is 5.26 Å². The van der Waals surface area contributed by atoms with Crippen molar-refractivity contribution in [2.75, 3.05) is 0 Å². The van der Waals surface area contributed by atoms with Crippen LogP contribution in [0.3, 0.4) is 0 Å². The molecule has 16 heavy (non-hydrogen) atoms. The number of hydrogen-bond acceptors (Lipinski definition) is 3. The fourth-order valence-corrected chi connectivity index (χ4v) is 2.34. The van der Waals surface area contributed by atoms with Gasteiger partial charge < -0.3 is 4.57 Å². The Balaban J connectivity index is 2.39. The van der Waals surface area contributed by atoms with E-state index in [9.17, 15) is 0 Å². The molecule has 0 saturated carbocycles. The highest BCUT2D eigenvalue weighted by atomic mass is 32.1. The van der Waals surface area contributed by atoms with Crippen LogP contribution in [0.15, 0.2) is 40.7 Å². The Hall–Kier alpha value is -1.86. The maximum atomic E-state index is 8.60. The molecule has 2 rings (SSSR count). The van der Waals surface area contributed by atoms with E-state index in [1.807, 2.05) is 41.3 Å². The molecule has 1 heterocycles. The van der Waals surface area contributed by atoms with Crippen LogP contribution in [-0.2, 0) is 6.54 Å². The van der Waals surface area contributed by atoms with E-state index < -0.39 is 0 Å². The van der Waals surface area contributed by atoms with Gasteiger partial charge in [0, 0.05) is 11.1 Å². The number of thiazole rings is 1. The van der Waals surface area contributed by atoms with Crippen LogP contribution >= 0.6 is 11.3 Å². The summed E-state index contributed by atoms with van der Waals surface area (Å²) >= 11 is 1.49. The molecule has 0 fully saturated rings. The Morgan fingerprint density at radius 3 is 2.81 bits per heavy atom. The molecule has 0 N–H and O–H groups in total. The Bertz CT molecular complexity index is 572. The van der Waals surface area contributed by atoms with Gasteiger partial charge in [-0.25, -0.2) is 0 Å². The van der Waals surface area contributed by atoms with Crippen molar-refractivity contribution >= 4 is 11.3 Å². The van der Waals surface area contributed by atoms with Crippen LogP contribution in [0, 0.1) is 18.4 Å². The SMILES string of the molecule is Cc1csc(=NC#N)n1Cc1ccccc1. The van der Waals surface area contributed by atoms with Crippen molar-refractivity contribution in [2.24, 2.45) is 4.99 Å². The first-order valence-electron chi connectivity index (χ1n) is 4.93. The molecule has 1 aromatic carbocycles. The van der Waals surface area contributed by atoms with Crippen molar-refractivity contribution in [2.45, 2.75) is 13.5 Å². The number of rotatable bonds is 2. The molecule has 0 amide bonds. The number of nitriles is 1. The summed E-state index contributed by atoms with van der Waals surface area (Å²) in [5, 5.41) is 10.6. The first kappa shape index (κ1) is 10.7. The maximum Gasteiger partial charge on any atom is 0.208 e. The Labute approximate surface area is 97.9 Å². The third-order valence-electron chi connectivity index (χ3n) is 2.32. The van der Waals surface area contributed by atoms with Crippen molar-refractivity contribution in [3.05, 3.63) is 51.8 Å². The molecule has 0 aliphatic heterocycles. The molecule has 1 aromatic heterocycles. The van der Waals surface area contributed by atoms with Gasteiger partial charge in [-0.05, 0) is 12.5 Å². The van der Waals surface area contributed by atoms with Crippen LogP contribution in [0.2, 0.25) is 0 Å². The summed E-state index contributed by atoms with van der Waals surface area (Å²) in [4.78, 5) is 4.56. The second-order valence-electron chi connectivity index (χ2n) is 3.44. The lowest BCUT2D eigenvalue weighted by atomic mass is 10.2. The van der Waals surface area contributed by atoms with Gasteiger partial charge in [-0.3, -0.25) is 0 Å². The molecule has 4 heteroatoms. The van der Waals surface area contributed by atoms with Crippen LogP contribution in [0.4, 0.5) is 0 Å². The van der Waals surface area contributed by atoms with E-state index in [2.05, 4.69) is 17.1 Å². The van der Waals surface area contributed by atoms with Crippen molar-refractivity contribution in [3.63, 3.8) is 0 Å². The highest BCUT2D eigenvalue weighted by Gasteiger charge is 2.01. The average molecular weight is 229 g/mol. The van der Waals surface area contributed by atoms with Crippen LogP contribution in [0.25, 0.3) is 0 Å². The van der Waals surface area contributed by atoms with Crippen molar-refractivity contribution in [3.8, 4) is 6.19 Å². The van der Waals surface area contributed by atoms with E-state index in [4.69, 9.17) is 5.26 Å². The Morgan fingerprint density at radius 2 is 2.12 bits per heavy atom. The van der Waals surface area contributed by atoms with E-state index in [0.29, 0.717) is 0 Å². The molecule has 0 aliphatic carbocycles. The lowest BCUT2D eigenvalue weighted by Crippen LogP contribution is -2.16. The maximum absolute atomic E-state index is 8.60. The summed E-state index contributed by atoms with van der Waals surface area (Å²) in [5.41, 5.74) is 2.34. The van der Waals surface area contributed by atoms with Crippen LogP contribution < -0.4 is 4.80 Å². The number of aryl methyl sites for hydroxylation is 1. The summed E-state index contributed by atoms with van der Waals surface area (Å²) in [7, 11) is 0. The summed E-state index contributed by atoms with van der Waals surface area (Å²) in [6.45, 7) is 2.78. The van der Waals surface area contributed by atoms with E-state index in [1.165, 1.54) is 16.9 Å². The Morgan fingerprint density at radius 1 is 1.38 bits per heavy atom. The predicted octanol–water partition coefficient (Wildman–Crippen LogP) is 2.29. The van der Waals surface area contributed by atoms with Gasteiger partial charge in [0.2, 0.25) is 11.0 Å². The molecule has 0 spiro atoms. The zero-order chi connectivity index (χ0) is 11.4. The zero-order valence-corrected chi connectivity index (χ0v) is 9.74. The molecule has 0 radical (unpaired) electrons. The summed E-state index contributed by atoms with van der Waals surface area (Å²) in [6.07, 6.45) is 1.84. The molecule has 3 nitrogen and oxygen atoms in total. The average Bonchev–Trinajstić information content (AvgIpc) is 2.64.